The van der Waals surface area contributed by atoms with Crippen molar-refractivity contribution >= 4 is 11.8 Å². The second kappa shape index (κ2) is 8.44. The Labute approximate surface area is 97.5 Å². The highest BCUT2D eigenvalue weighted by Crippen LogP contribution is 2.09. The summed E-state index contributed by atoms with van der Waals surface area (Å²) < 4.78 is 0. The van der Waals surface area contributed by atoms with Gasteiger partial charge in [0.25, 0.3) is 0 Å². The Kier molecular flexibility index (Phi) is 6.86. The first-order valence-corrected chi connectivity index (χ1v) is 6.64. The lowest BCUT2D eigenvalue weighted by molar-refractivity contribution is 0.927. The number of unbranched alkanes of at least 4 members (excludes halogenated alkanes) is 1. The highest BCUT2D eigenvalue weighted by molar-refractivity contribution is 7.99. The molecule has 0 aliphatic rings. The van der Waals surface area contributed by atoms with E-state index in [-0.39, 0.29) is 0 Å². The van der Waals surface area contributed by atoms with Crippen molar-refractivity contribution in [2.45, 2.75) is 25.7 Å². The zero-order valence-corrected chi connectivity index (χ0v) is 9.93. The van der Waals surface area contributed by atoms with Crippen LogP contribution in [-0.4, -0.2) is 11.5 Å². The van der Waals surface area contributed by atoms with Crippen LogP contribution in [0.5, 0.6) is 0 Å². The molecule has 0 heterocycles. The van der Waals surface area contributed by atoms with Crippen molar-refractivity contribution in [3.8, 4) is 12.3 Å². The van der Waals surface area contributed by atoms with Gasteiger partial charge in [-0.15, -0.1) is 12.3 Å². The summed E-state index contributed by atoms with van der Waals surface area (Å²) in [5.41, 5.74) is 1.45. The molecule has 1 aromatic rings. The molecular weight excluding hydrogens is 200 g/mol. The third-order valence-electron chi connectivity index (χ3n) is 2.21. The lowest BCUT2D eigenvalue weighted by Gasteiger charge is -2.01. The SMILES string of the molecule is C#CCCCSCCCc1ccccc1. The summed E-state index contributed by atoms with van der Waals surface area (Å²) in [5, 5.41) is 0. The minimum absolute atomic E-state index is 0.922. The van der Waals surface area contributed by atoms with Gasteiger partial charge in [0.2, 0.25) is 0 Å². The molecule has 0 saturated carbocycles. The van der Waals surface area contributed by atoms with Crippen molar-refractivity contribution in [1.82, 2.24) is 0 Å². The molecule has 0 bridgehead atoms. The van der Waals surface area contributed by atoms with Crippen LogP contribution < -0.4 is 0 Å². The van der Waals surface area contributed by atoms with Gasteiger partial charge in [-0.05, 0) is 36.3 Å². The van der Waals surface area contributed by atoms with Crippen molar-refractivity contribution < 1.29 is 0 Å². The molecule has 0 aliphatic heterocycles. The number of hydrogen-bond acceptors (Lipinski definition) is 1. The van der Waals surface area contributed by atoms with Crippen LogP contribution in [-0.2, 0) is 6.42 Å². The van der Waals surface area contributed by atoms with Crippen LogP contribution in [0.2, 0.25) is 0 Å². The average Bonchev–Trinajstić information content (AvgIpc) is 2.29. The molecule has 0 radical (unpaired) electrons. The molecule has 0 aromatic heterocycles. The zero-order valence-electron chi connectivity index (χ0n) is 9.11. The highest BCUT2D eigenvalue weighted by atomic mass is 32.2. The van der Waals surface area contributed by atoms with Gasteiger partial charge in [-0.2, -0.15) is 11.8 Å². The molecule has 15 heavy (non-hydrogen) atoms. The van der Waals surface area contributed by atoms with Crippen LogP contribution in [0.25, 0.3) is 0 Å². The van der Waals surface area contributed by atoms with E-state index in [0.717, 1.165) is 12.8 Å². The standard InChI is InChI=1S/C14H18S/c1-2-3-7-12-15-13-8-11-14-9-5-4-6-10-14/h1,4-6,9-10H,3,7-8,11-13H2. The molecule has 1 aromatic carbocycles. The molecule has 0 aliphatic carbocycles. The molecule has 1 heteroatoms. The Hall–Kier alpha value is -0.870. The van der Waals surface area contributed by atoms with E-state index in [4.69, 9.17) is 6.42 Å². The maximum absolute atomic E-state index is 5.19. The van der Waals surface area contributed by atoms with Gasteiger partial charge in [-0.3, -0.25) is 0 Å². The fourth-order valence-corrected chi connectivity index (χ4v) is 2.30. The van der Waals surface area contributed by atoms with Crippen molar-refractivity contribution in [3.63, 3.8) is 0 Å². The normalized spacial score (nSPS) is 9.80. The smallest absolute Gasteiger partial charge is 0.00939 e. The first kappa shape index (κ1) is 12.2. The molecule has 0 amide bonds. The zero-order chi connectivity index (χ0) is 10.8. The van der Waals surface area contributed by atoms with E-state index >= 15 is 0 Å². The molecule has 0 atom stereocenters. The topological polar surface area (TPSA) is 0 Å². The number of terminal acetylenes is 1. The molecule has 80 valence electrons. The van der Waals surface area contributed by atoms with Crippen molar-refractivity contribution in [3.05, 3.63) is 35.9 Å². The van der Waals surface area contributed by atoms with Gasteiger partial charge in [-0.25, -0.2) is 0 Å². The summed E-state index contributed by atoms with van der Waals surface area (Å²) in [6, 6.07) is 10.7. The summed E-state index contributed by atoms with van der Waals surface area (Å²) in [5.74, 6) is 5.13. The lowest BCUT2D eigenvalue weighted by Crippen LogP contribution is -1.88. The van der Waals surface area contributed by atoms with Crippen LogP contribution in [0.3, 0.4) is 0 Å². The van der Waals surface area contributed by atoms with E-state index in [1.807, 2.05) is 11.8 Å². The minimum atomic E-state index is 0.922. The van der Waals surface area contributed by atoms with E-state index in [9.17, 15) is 0 Å². The second-order valence-corrected chi connectivity index (χ2v) is 4.73. The van der Waals surface area contributed by atoms with Gasteiger partial charge in [0.05, 0.1) is 0 Å². The maximum Gasteiger partial charge on any atom is 0.00939 e. The molecular formula is C14H18S. The quantitative estimate of drug-likeness (QED) is 0.496. The van der Waals surface area contributed by atoms with Gasteiger partial charge in [0, 0.05) is 6.42 Å². The summed E-state index contributed by atoms with van der Waals surface area (Å²) >= 11 is 2.02. The van der Waals surface area contributed by atoms with E-state index in [0.29, 0.717) is 0 Å². The van der Waals surface area contributed by atoms with Crippen LogP contribution in [0.4, 0.5) is 0 Å². The summed E-state index contributed by atoms with van der Waals surface area (Å²) in [6.07, 6.45) is 9.73. The molecule has 0 unspecified atom stereocenters. The number of hydrogen-bond donors (Lipinski definition) is 0. The fourth-order valence-electron chi connectivity index (χ4n) is 1.40. The fraction of sp³-hybridized carbons (Fsp3) is 0.429. The number of rotatable bonds is 7. The number of thioether (sulfide) groups is 1. The predicted octanol–water partition coefficient (Wildman–Crippen LogP) is 3.77. The van der Waals surface area contributed by atoms with E-state index in [1.165, 1.54) is 29.9 Å². The van der Waals surface area contributed by atoms with Crippen molar-refractivity contribution in [2.24, 2.45) is 0 Å². The molecule has 1 rings (SSSR count). The van der Waals surface area contributed by atoms with Crippen molar-refractivity contribution in [1.29, 1.82) is 0 Å². The summed E-state index contributed by atoms with van der Waals surface area (Å²) in [7, 11) is 0. The molecule has 0 saturated heterocycles. The van der Waals surface area contributed by atoms with Gasteiger partial charge in [0.1, 0.15) is 0 Å². The van der Waals surface area contributed by atoms with E-state index in [2.05, 4.69) is 36.3 Å². The van der Waals surface area contributed by atoms with E-state index < -0.39 is 0 Å². The monoisotopic (exact) mass is 218 g/mol. The largest absolute Gasteiger partial charge is 0.162 e. The van der Waals surface area contributed by atoms with Gasteiger partial charge in [0.15, 0.2) is 0 Å². The second-order valence-electron chi connectivity index (χ2n) is 3.51. The Morgan fingerprint density at radius 3 is 2.53 bits per heavy atom. The molecule has 0 N–H and O–H groups in total. The van der Waals surface area contributed by atoms with Crippen LogP contribution in [0.1, 0.15) is 24.8 Å². The maximum atomic E-state index is 5.19. The Balaban J connectivity index is 1.96. The van der Waals surface area contributed by atoms with Crippen LogP contribution in [0.15, 0.2) is 30.3 Å². The summed E-state index contributed by atoms with van der Waals surface area (Å²) in [6.45, 7) is 0. The highest BCUT2D eigenvalue weighted by Gasteiger charge is 1.92. The first-order chi connectivity index (χ1) is 7.43. The average molecular weight is 218 g/mol. The van der Waals surface area contributed by atoms with Gasteiger partial charge < -0.3 is 0 Å². The van der Waals surface area contributed by atoms with Crippen LogP contribution >= 0.6 is 11.8 Å². The third kappa shape index (κ3) is 6.25. The van der Waals surface area contributed by atoms with Crippen molar-refractivity contribution in [2.75, 3.05) is 11.5 Å². The molecule has 0 nitrogen and oxygen atoms in total. The third-order valence-corrected chi connectivity index (χ3v) is 3.36. The number of benzene rings is 1. The molecule has 0 spiro atoms. The van der Waals surface area contributed by atoms with Gasteiger partial charge in [-0.1, -0.05) is 30.3 Å². The Morgan fingerprint density at radius 1 is 1.07 bits per heavy atom. The first-order valence-electron chi connectivity index (χ1n) is 5.48. The number of aryl methyl sites for hydroxylation is 1. The Bertz CT molecular complexity index is 284. The van der Waals surface area contributed by atoms with E-state index in [1.54, 1.807) is 0 Å². The predicted molar refractivity (Wildman–Crippen MR) is 70.2 cm³/mol. The molecule has 0 fully saturated rings. The minimum Gasteiger partial charge on any atom is -0.162 e. The lowest BCUT2D eigenvalue weighted by atomic mass is 10.1. The van der Waals surface area contributed by atoms with Gasteiger partial charge >= 0.3 is 0 Å². The summed E-state index contributed by atoms with van der Waals surface area (Å²) in [4.78, 5) is 0. The Morgan fingerprint density at radius 2 is 1.80 bits per heavy atom. The van der Waals surface area contributed by atoms with Crippen LogP contribution in [0, 0.1) is 12.3 Å².